The second-order valence-corrected chi connectivity index (χ2v) is 4.85. The summed E-state index contributed by atoms with van der Waals surface area (Å²) in [6.07, 6.45) is -0.151. The van der Waals surface area contributed by atoms with E-state index < -0.39 is 18.0 Å². The molecule has 1 fully saturated rings. The average molecular weight is 218 g/mol. The fraction of sp³-hybridized carbons (Fsp3) is 1.00. The van der Waals surface area contributed by atoms with Crippen LogP contribution in [0, 0.1) is 0 Å². The summed E-state index contributed by atoms with van der Waals surface area (Å²) < 4.78 is 11.3. The third-order valence-electron chi connectivity index (χ3n) is 2.59. The topological polar surface area (TPSA) is 58.9 Å². The first-order valence-electron chi connectivity index (χ1n) is 5.52. The third kappa shape index (κ3) is 4.07. The highest BCUT2D eigenvalue weighted by Crippen LogP contribution is 2.28. The number of rotatable bonds is 3. The standard InChI is InChI=1S/C11H22O4/c1-7-5-9(6-10(13)8(2)12)15-11(3,4)14-7/h7-10,12-13H,5-6H2,1-4H3/t7-,8+,9-,10+/m1/s1. The fourth-order valence-electron chi connectivity index (χ4n) is 1.99. The Labute approximate surface area is 91.2 Å². The van der Waals surface area contributed by atoms with Gasteiger partial charge in [0.25, 0.3) is 0 Å². The van der Waals surface area contributed by atoms with Crippen LogP contribution in [0.2, 0.25) is 0 Å². The Bertz CT molecular complexity index is 203. The largest absolute Gasteiger partial charge is 0.391 e. The highest BCUT2D eigenvalue weighted by molar-refractivity contribution is 4.77. The monoisotopic (exact) mass is 218 g/mol. The van der Waals surface area contributed by atoms with Crippen molar-refractivity contribution in [1.82, 2.24) is 0 Å². The van der Waals surface area contributed by atoms with Gasteiger partial charge >= 0.3 is 0 Å². The predicted molar refractivity (Wildman–Crippen MR) is 56.4 cm³/mol. The molecule has 1 aliphatic rings. The van der Waals surface area contributed by atoms with E-state index in [1.54, 1.807) is 6.92 Å². The molecule has 4 heteroatoms. The summed E-state index contributed by atoms with van der Waals surface area (Å²) in [6.45, 7) is 7.30. The Balaban J connectivity index is 2.48. The van der Waals surface area contributed by atoms with Crippen molar-refractivity contribution in [1.29, 1.82) is 0 Å². The Morgan fingerprint density at radius 1 is 1.33 bits per heavy atom. The Kier molecular flexibility index (Phi) is 4.12. The van der Waals surface area contributed by atoms with Gasteiger partial charge < -0.3 is 19.7 Å². The number of hydrogen-bond acceptors (Lipinski definition) is 4. The van der Waals surface area contributed by atoms with Crippen LogP contribution >= 0.6 is 0 Å². The fourth-order valence-corrected chi connectivity index (χ4v) is 1.99. The molecule has 15 heavy (non-hydrogen) atoms. The van der Waals surface area contributed by atoms with Gasteiger partial charge in [0.05, 0.1) is 24.4 Å². The molecule has 1 rings (SSSR count). The minimum Gasteiger partial charge on any atom is -0.391 e. The van der Waals surface area contributed by atoms with Crippen molar-refractivity contribution >= 4 is 0 Å². The molecule has 0 amide bonds. The maximum atomic E-state index is 9.56. The van der Waals surface area contributed by atoms with Crippen LogP contribution in [0.5, 0.6) is 0 Å². The van der Waals surface area contributed by atoms with Crippen molar-refractivity contribution in [2.45, 2.75) is 70.7 Å². The lowest BCUT2D eigenvalue weighted by Crippen LogP contribution is -2.45. The molecule has 0 bridgehead atoms. The Hall–Kier alpha value is -0.160. The van der Waals surface area contributed by atoms with E-state index in [1.807, 2.05) is 20.8 Å². The molecular formula is C11H22O4. The molecule has 0 aliphatic carbocycles. The molecule has 0 spiro atoms. The summed E-state index contributed by atoms with van der Waals surface area (Å²) in [7, 11) is 0. The zero-order valence-corrected chi connectivity index (χ0v) is 9.93. The molecule has 1 aliphatic heterocycles. The molecule has 90 valence electrons. The summed E-state index contributed by atoms with van der Waals surface area (Å²) in [5.74, 6) is -0.596. The van der Waals surface area contributed by atoms with Crippen LogP contribution in [0.1, 0.15) is 40.5 Å². The normalized spacial score (nSPS) is 34.8. The molecule has 2 N–H and O–H groups in total. The minimum absolute atomic E-state index is 0.0478. The molecule has 0 saturated carbocycles. The number of aliphatic hydroxyl groups is 2. The van der Waals surface area contributed by atoms with Crippen LogP contribution in [0.3, 0.4) is 0 Å². The van der Waals surface area contributed by atoms with Gasteiger partial charge in [-0.2, -0.15) is 0 Å². The van der Waals surface area contributed by atoms with Crippen molar-refractivity contribution < 1.29 is 19.7 Å². The van der Waals surface area contributed by atoms with Crippen LogP contribution in [0.15, 0.2) is 0 Å². The number of hydrogen-bond donors (Lipinski definition) is 2. The van der Waals surface area contributed by atoms with Gasteiger partial charge in [-0.25, -0.2) is 0 Å². The molecule has 0 radical (unpaired) electrons. The molecule has 0 unspecified atom stereocenters. The van der Waals surface area contributed by atoms with Gasteiger partial charge in [-0.05, 0) is 34.1 Å². The van der Waals surface area contributed by atoms with Crippen LogP contribution in [-0.2, 0) is 9.47 Å². The summed E-state index contributed by atoms with van der Waals surface area (Å²) in [6, 6.07) is 0. The number of ether oxygens (including phenoxy) is 2. The van der Waals surface area contributed by atoms with E-state index in [0.717, 1.165) is 6.42 Å². The number of aliphatic hydroxyl groups excluding tert-OH is 2. The lowest BCUT2D eigenvalue weighted by atomic mass is 10.0. The molecule has 4 atom stereocenters. The summed E-state index contributed by atoms with van der Waals surface area (Å²) >= 11 is 0. The summed E-state index contributed by atoms with van der Waals surface area (Å²) in [5.41, 5.74) is 0. The van der Waals surface area contributed by atoms with E-state index in [0.29, 0.717) is 6.42 Å². The Morgan fingerprint density at radius 3 is 2.40 bits per heavy atom. The first-order valence-corrected chi connectivity index (χ1v) is 5.52. The zero-order valence-electron chi connectivity index (χ0n) is 9.93. The summed E-state index contributed by atoms with van der Waals surface area (Å²) in [4.78, 5) is 0. The quantitative estimate of drug-likeness (QED) is 0.743. The van der Waals surface area contributed by atoms with Crippen molar-refractivity contribution in [2.24, 2.45) is 0 Å². The van der Waals surface area contributed by atoms with Crippen molar-refractivity contribution in [3.63, 3.8) is 0 Å². The summed E-state index contributed by atoms with van der Waals surface area (Å²) in [5, 5.41) is 18.8. The average Bonchev–Trinajstić information content (AvgIpc) is 1.99. The van der Waals surface area contributed by atoms with E-state index in [1.165, 1.54) is 0 Å². The van der Waals surface area contributed by atoms with E-state index in [4.69, 9.17) is 9.47 Å². The lowest BCUT2D eigenvalue weighted by Gasteiger charge is -2.40. The van der Waals surface area contributed by atoms with Gasteiger partial charge in [-0.3, -0.25) is 0 Å². The van der Waals surface area contributed by atoms with Gasteiger partial charge in [-0.1, -0.05) is 0 Å². The van der Waals surface area contributed by atoms with Gasteiger partial charge in [0.1, 0.15) is 0 Å². The first-order chi connectivity index (χ1) is 6.80. The van der Waals surface area contributed by atoms with Crippen molar-refractivity contribution in [3.8, 4) is 0 Å². The van der Waals surface area contributed by atoms with Gasteiger partial charge in [0.2, 0.25) is 0 Å². The van der Waals surface area contributed by atoms with E-state index in [-0.39, 0.29) is 12.2 Å². The van der Waals surface area contributed by atoms with Crippen molar-refractivity contribution in [3.05, 3.63) is 0 Å². The van der Waals surface area contributed by atoms with E-state index in [2.05, 4.69) is 0 Å². The second kappa shape index (κ2) is 4.78. The van der Waals surface area contributed by atoms with Crippen LogP contribution in [0.4, 0.5) is 0 Å². The van der Waals surface area contributed by atoms with Gasteiger partial charge in [0.15, 0.2) is 5.79 Å². The third-order valence-corrected chi connectivity index (χ3v) is 2.59. The molecular weight excluding hydrogens is 196 g/mol. The lowest BCUT2D eigenvalue weighted by molar-refractivity contribution is -0.300. The van der Waals surface area contributed by atoms with Crippen molar-refractivity contribution in [2.75, 3.05) is 0 Å². The van der Waals surface area contributed by atoms with E-state index >= 15 is 0 Å². The van der Waals surface area contributed by atoms with Gasteiger partial charge in [-0.15, -0.1) is 0 Å². The smallest absolute Gasteiger partial charge is 0.163 e. The zero-order chi connectivity index (χ0) is 11.6. The van der Waals surface area contributed by atoms with Gasteiger partial charge in [0, 0.05) is 6.42 Å². The molecule has 4 nitrogen and oxygen atoms in total. The molecule has 1 heterocycles. The van der Waals surface area contributed by atoms with Crippen LogP contribution in [-0.4, -0.2) is 40.4 Å². The van der Waals surface area contributed by atoms with E-state index in [9.17, 15) is 10.2 Å². The first kappa shape index (κ1) is 12.9. The molecule has 0 aromatic rings. The molecule has 0 aromatic carbocycles. The highest BCUT2D eigenvalue weighted by Gasteiger charge is 2.34. The maximum absolute atomic E-state index is 9.56. The SMILES string of the molecule is C[C@@H]1C[C@H](C[C@H](O)[C@H](C)O)OC(C)(C)O1. The molecule has 0 aromatic heterocycles. The Morgan fingerprint density at radius 2 is 1.93 bits per heavy atom. The molecule has 1 saturated heterocycles. The predicted octanol–water partition coefficient (Wildman–Crippen LogP) is 1.05. The minimum atomic E-state index is -0.726. The highest BCUT2D eigenvalue weighted by atomic mass is 16.7. The van der Waals surface area contributed by atoms with Crippen LogP contribution in [0.25, 0.3) is 0 Å². The second-order valence-electron chi connectivity index (χ2n) is 4.85. The van der Waals surface area contributed by atoms with Crippen LogP contribution < -0.4 is 0 Å². The maximum Gasteiger partial charge on any atom is 0.163 e.